The number of nitrogens with two attached hydrogens (primary N) is 1. The summed E-state index contributed by atoms with van der Waals surface area (Å²) >= 11 is 1.53. The van der Waals surface area contributed by atoms with Gasteiger partial charge in [-0.15, -0.1) is 21.5 Å². The number of rotatable bonds is 8. The topological polar surface area (TPSA) is 114 Å². The van der Waals surface area contributed by atoms with Crippen LogP contribution in [0.4, 0.5) is 4.79 Å². The Morgan fingerprint density at radius 3 is 2.87 bits per heavy atom. The molecule has 0 aliphatic carbocycles. The van der Waals surface area contributed by atoms with Gasteiger partial charge in [0.15, 0.2) is 0 Å². The third-order valence-electron chi connectivity index (χ3n) is 3.02. The molecule has 0 unspecified atom stereocenters. The Kier molecular flexibility index (Phi) is 6.24. The molecule has 0 saturated heterocycles. The SMILES string of the molecule is CCCN(CCC(=O)NC(N)=O)Cc1nnc(-c2cccs2)o1. The minimum absolute atomic E-state index is 0.175. The Hall–Kier alpha value is -2.26. The van der Waals surface area contributed by atoms with Crippen molar-refractivity contribution in [1.82, 2.24) is 20.4 Å². The minimum atomic E-state index is -0.838. The van der Waals surface area contributed by atoms with Crippen molar-refractivity contribution in [2.24, 2.45) is 5.73 Å². The van der Waals surface area contributed by atoms with Crippen LogP contribution in [0.3, 0.4) is 0 Å². The largest absolute Gasteiger partial charge is 0.419 e. The van der Waals surface area contributed by atoms with E-state index in [2.05, 4.69) is 10.2 Å². The molecule has 0 aliphatic heterocycles. The zero-order chi connectivity index (χ0) is 16.7. The molecule has 9 heteroatoms. The molecule has 2 rings (SSSR count). The Morgan fingerprint density at radius 2 is 2.22 bits per heavy atom. The molecule has 0 spiro atoms. The Morgan fingerprint density at radius 1 is 1.39 bits per heavy atom. The first-order valence-electron chi connectivity index (χ1n) is 7.26. The van der Waals surface area contributed by atoms with Crippen molar-refractivity contribution in [2.45, 2.75) is 26.3 Å². The van der Waals surface area contributed by atoms with Crippen molar-refractivity contribution >= 4 is 23.3 Å². The van der Waals surface area contributed by atoms with Gasteiger partial charge in [-0.1, -0.05) is 13.0 Å². The summed E-state index contributed by atoms with van der Waals surface area (Å²) in [7, 11) is 0. The van der Waals surface area contributed by atoms with Crippen molar-refractivity contribution in [2.75, 3.05) is 13.1 Å². The maximum Gasteiger partial charge on any atom is 0.318 e. The van der Waals surface area contributed by atoms with E-state index in [4.69, 9.17) is 10.2 Å². The first-order valence-corrected chi connectivity index (χ1v) is 8.14. The number of urea groups is 1. The van der Waals surface area contributed by atoms with E-state index in [-0.39, 0.29) is 6.42 Å². The third kappa shape index (κ3) is 5.46. The number of nitrogens with one attached hydrogen (secondary N) is 1. The highest BCUT2D eigenvalue weighted by molar-refractivity contribution is 7.13. The molecule has 3 amide bonds. The summed E-state index contributed by atoms with van der Waals surface area (Å²) in [6.45, 7) is 3.75. The van der Waals surface area contributed by atoms with Crippen LogP contribution >= 0.6 is 11.3 Å². The number of amides is 3. The second kappa shape index (κ2) is 8.39. The molecule has 0 aromatic carbocycles. The Labute approximate surface area is 137 Å². The number of thiophene rings is 1. The average Bonchev–Trinajstić information content (AvgIpc) is 3.15. The van der Waals surface area contributed by atoms with Crippen LogP contribution in [0.15, 0.2) is 21.9 Å². The van der Waals surface area contributed by atoms with Crippen molar-refractivity contribution in [1.29, 1.82) is 0 Å². The molecule has 2 aromatic rings. The van der Waals surface area contributed by atoms with E-state index in [1.807, 2.05) is 34.7 Å². The Bertz CT molecular complexity index is 641. The van der Waals surface area contributed by atoms with E-state index in [0.717, 1.165) is 17.8 Å². The van der Waals surface area contributed by atoms with Crippen molar-refractivity contribution in [3.63, 3.8) is 0 Å². The molecule has 2 aromatic heterocycles. The van der Waals surface area contributed by atoms with Crippen LogP contribution in [0, 0.1) is 0 Å². The fourth-order valence-corrected chi connectivity index (χ4v) is 2.70. The normalized spacial score (nSPS) is 10.9. The lowest BCUT2D eigenvalue weighted by atomic mass is 10.3. The average molecular weight is 337 g/mol. The lowest BCUT2D eigenvalue weighted by Gasteiger charge is -2.19. The van der Waals surface area contributed by atoms with Crippen molar-refractivity contribution in [3.05, 3.63) is 23.4 Å². The van der Waals surface area contributed by atoms with Crippen LogP contribution in [0.1, 0.15) is 25.7 Å². The van der Waals surface area contributed by atoms with Gasteiger partial charge in [-0.2, -0.15) is 0 Å². The van der Waals surface area contributed by atoms with Gasteiger partial charge in [0.25, 0.3) is 5.89 Å². The number of hydrogen-bond donors (Lipinski definition) is 2. The van der Waals surface area contributed by atoms with Gasteiger partial charge < -0.3 is 10.2 Å². The van der Waals surface area contributed by atoms with Gasteiger partial charge in [0, 0.05) is 13.0 Å². The number of imide groups is 1. The molecular weight excluding hydrogens is 318 g/mol. The summed E-state index contributed by atoms with van der Waals surface area (Å²) in [5.41, 5.74) is 4.91. The lowest BCUT2D eigenvalue weighted by molar-refractivity contribution is -0.120. The second-order valence-electron chi connectivity index (χ2n) is 4.92. The second-order valence-corrected chi connectivity index (χ2v) is 5.86. The minimum Gasteiger partial charge on any atom is -0.419 e. The summed E-state index contributed by atoms with van der Waals surface area (Å²) in [6.07, 6.45) is 1.10. The predicted octanol–water partition coefficient (Wildman–Crippen LogP) is 1.60. The van der Waals surface area contributed by atoms with Crippen LogP contribution in [-0.4, -0.2) is 40.1 Å². The highest BCUT2D eigenvalue weighted by Crippen LogP contribution is 2.23. The molecule has 124 valence electrons. The monoisotopic (exact) mass is 337 g/mol. The quantitative estimate of drug-likeness (QED) is 0.756. The van der Waals surface area contributed by atoms with E-state index in [1.54, 1.807) is 0 Å². The summed E-state index contributed by atoms with van der Waals surface area (Å²) in [4.78, 5) is 25.1. The molecule has 0 aliphatic rings. The number of nitrogens with zero attached hydrogens (tertiary/aromatic N) is 3. The number of hydrogen-bond acceptors (Lipinski definition) is 7. The van der Waals surface area contributed by atoms with E-state index in [9.17, 15) is 9.59 Å². The van der Waals surface area contributed by atoms with Crippen LogP contribution in [0.5, 0.6) is 0 Å². The van der Waals surface area contributed by atoms with Crippen LogP contribution in [-0.2, 0) is 11.3 Å². The smallest absolute Gasteiger partial charge is 0.318 e. The number of carbonyl (C=O) groups is 2. The van der Waals surface area contributed by atoms with Crippen LogP contribution in [0.25, 0.3) is 10.8 Å². The molecule has 0 atom stereocenters. The Balaban J connectivity index is 1.91. The first kappa shape index (κ1) is 17.1. The fourth-order valence-electron chi connectivity index (χ4n) is 2.05. The molecule has 2 heterocycles. The molecular formula is C14H19N5O3S. The summed E-state index contributed by atoms with van der Waals surface area (Å²) in [5, 5.41) is 12.1. The molecule has 8 nitrogen and oxygen atoms in total. The zero-order valence-electron chi connectivity index (χ0n) is 12.8. The van der Waals surface area contributed by atoms with Crippen molar-refractivity contribution < 1.29 is 14.0 Å². The van der Waals surface area contributed by atoms with E-state index in [1.165, 1.54) is 11.3 Å². The molecule has 23 heavy (non-hydrogen) atoms. The third-order valence-corrected chi connectivity index (χ3v) is 3.87. The summed E-state index contributed by atoms with van der Waals surface area (Å²) in [6, 6.07) is 3.00. The highest BCUT2D eigenvalue weighted by Gasteiger charge is 2.14. The molecule has 0 bridgehead atoms. The number of primary amides is 1. The maximum atomic E-state index is 11.5. The fraction of sp³-hybridized carbons (Fsp3) is 0.429. The molecule has 0 radical (unpaired) electrons. The van der Waals surface area contributed by atoms with E-state index >= 15 is 0 Å². The number of aromatic nitrogens is 2. The molecule has 3 N–H and O–H groups in total. The summed E-state index contributed by atoms with van der Waals surface area (Å²) in [5.74, 6) is 0.596. The lowest BCUT2D eigenvalue weighted by Crippen LogP contribution is -2.37. The van der Waals surface area contributed by atoms with E-state index < -0.39 is 11.9 Å². The summed E-state index contributed by atoms with van der Waals surface area (Å²) < 4.78 is 5.65. The van der Waals surface area contributed by atoms with Gasteiger partial charge in [0.05, 0.1) is 11.4 Å². The first-order chi connectivity index (χ1) is 11.1. The van der Waals surface area contributed by atoms with Crippen molar-refractivity contribution in [3.8, 4) is 10.8 Å². The van der Waals surface area contributed by atoms with Gasteiger partial charge in [0.1, 0.15) is 0 Å². The van der Waals surface area contributed by atoms with E-state index in [0.29, 0.717) is 24.9 Å². The number of carbonyl (C=O) groups excluding carboxylic acids is 2. The standard InChI is InChI=1S/C14H19N5O3S/c1-2-6-19(7-5-11(20)16-14(15)21)9-12-17-18-13(22-12)10-4-3-8-23-10/h3-4,8H,2,5-7,9H2,1H3,(H3,15,16,20,21). The molecule has 0 fully saturated rings. The van der Waals surface area contributed by atoms with Gasteiger partial charge in [-0.25, -0.2) is 4.79 Å². The molecule has 0 saturated carbocycles. The van der Waals surface area contributed by atoms with Gasteiger partial charge in [-0.3, -0.25) is 15.0 Å². The van der Waals surface area contributed by atoms with Crippen LogP contribution in [0.2, 0.25) is 0 Å². The zero-order valence-corrected chi connectivity index (χ0v) is 13.6. The van der Waals surface area contributed by atoms with Gasteiger partial charge in [0.2, 0.25) is 11.8 Å². The van der Waals surface area contributed by atoms with Crippen LogP contribution < -0.4 is 11.1 Å². The maximum absolute atomic E-state index is 11.5. The van der Waals surface area contributed by atoms with Gasteiger partial charge in [-0.05, 0) is 24.4 Å². The highest BCUT2D eigenvalue weighted by atomic mass is 32.1. The predicted molar refractivity (Wildman–Crippen MR) is 85.5 cm³/mol. The van der Waals surface area contributed by atoms with Gasteiger partial charge >= 0.3 is 6.03 Å².